The molecule has 384 valence electrons. The van der Waals surface area contributed by atoms with Crippen LogP contribution < -0.4 is 5.32 Å². The van der Waals surface area contributed by atoms with Gasteiger partial charge in [0.1, 0.15) is 128 Å². The third-order valence-electron chi connectivity index (χ3n) is 12.7. The molecule has 5 heterocycles. The van der Waals surface area contributed by atoms with Crippen LogP contribution in [0.1, 0.15) is 6.92 Å². The average Bonchev–Trinajstić information content (AvgIpc) is 3.30. The topological polar surface area (TPSA) is 479 Å². The molecule has 5 fully saturated rings. The highest BCUT2D eigenvalue weighted by molar-refractivity contribution is 5.22. The summed E-state index contributed by atoms with van der Waals surface area (Å²) >= 11 is 0. The Balaban J connectivity index is 1.06. The summed E-state index contributed by atoms with van der Waals surface area (Å²) in [7, 11) is 0. The fourth-order valence-corrected chi connectivity index (χ4v) is 8.79. The van der Waals surface area contributed by atoms with Crippen molar-refractivity contribution in [2.45, 2.75) is 185 Å². The molecule has 1 aliphatic carbocycles. The van der Waals surface area contributed by atoms with Crippen LogP contribution in [-0.2, 0) is 42.6 Å². The van der Waals surface area contributed by atoms with Gasteiger partial charge in [0.2, 0.25) is 0 Å². The van der Waals surface area contributed by atoms with E-state index in [0.29, 0.717) is 0 Å². The minimum absolute atomic E-state index is 0.0209. The Kier molecular flexibility index (Phi) is 18.6. The van der Waals surface area contributed by atoms with Crippen LogP contribution in [0.2, 0.25) is 0 Å². The van der Waals surface area contributed by atoms with Crippen LogP contribution in [0.25, 0.3) is 0 Å². The zero-order valence-electron chi connectivity index (χ0n) is 35.0. The van der Waals surface area contributed by atoms with E-state index in [0.717, 1.165) is 0 Å². The first-order valence-electron chi connectivity index (χ1n) is 21.2. The summed E-state index contributed by atoms with van der Waals surface area (Å²) < 4.78 is 50.2. The molecule has 0 unspecified atom stereocenters. The summed E-state index contributed by atoms with van der Waals surface area (Å²) in [6.45, 7) is -2.98. The van der Waals surface area contributed by atoms with Gasteiger partial charge in [-0.15, -0.1) is 0 Å². The molecule has 6 rings (SSSR count). The van der Waals surface area contributed by atoms with E-state index in [1.54, 1.807) is 0 Å². The van der Waals surface area contributed by atoms with Crippen LogP contribution in [0.4, 0.5) is 0 Å². The molecule has 0 spiro atoms. The molecule has 0 aromatic carbocycles. The van der Waals surface area contributed by atoms with Crippen molar-refractivity contribution in [2.75, 3.05) is 33.0 Å². The van der Waals surface area contributed by atoms with Crippen LogP contribution in [0.3, 0.4) is 0 Å². The van der Waals surface area contributed by atoms with Crippen LogP contribution in [0.15, 0.2) is 11.6 Å². The number of hydrogen-bond acceptors (Lipinski definition) is 29. The molecule has 0 radical (unpaired) electrons. The smallest absolute Gasteiger partial charge is 0.187 e. The van der Waals surface area contributed by atoms with E-state index in [9.17, 15) is 97.0 Å². The Bertz CT molecular complexity index is 1550. The summed E-state index contributed by atoms with van der Waals surface area (Å²) in [5.41, 5.74) is -0.0209. The number of nitrogens with one attached hydrogen (secondary N) is 1. The molecule has 5 saturated heterocycles. The maximum absolute atomic E-state index is 11.2. The van der Waals surface area contributed by atoms with Gasteiger partial charge in [0.15, 0.2) is 31.5 Å². The maximum Gasteiger partial charge on any atom is 0.187 e. The lowest BCUT2D eigenvalue weighted by molar-refractivity contribution is -0.391. The van der Waals surface area contributed by atoms with Gasteiger partial charge in [-0.2, -0.15) is 0 Å². The summed E-state index contributed by atoms with van der Waals surface area (Å²) in [5.74, 6) is 0. The Morgan fingerprint density at radius 2 is 0.773 bits per heavy atom. The van der Waals surface area contributed by atoms with Crippen LogP contribution >= 0.6 is 0 Å². The van der Waals surface area contributed by atoms with Gasteiger partial charge in [-0.3, -0.25) is 0 Å². The minimum atomic E-state index is -2.14. The van der Waals surface area contributed by atoms with Gasteiger partial charge in [0.05, 0.1) is 51.2 Å². The second kappa shape index (κ2) is 22.8. The first-order chi connectivity index (χ1) is 31.2. The van der Waals surface area contributed by atoms with Crippen molar-refractivity contribution in [3.63, 3.8) is 0 Å². The SMILES string of the molecule is C[C@H]1O[C@H](O[C@H]2[C@H](O)[C@@H](O)[C@@H](O[C@H]3[C@H](O)[C@@H](O)[C@@H](O[C@H]4[C@H](O)[C@@H](O)[C@@H](O[C@H]5[C@H](O)[C@@H](O)[C@@H](O)O[C@@H]5CO)O[C@@H]4CO)O[C@@H]3CO)O[C@@H]2CO)[C@H](O)[C@@H](O)[C@@H]1N[C@H]1C=C(CO)[C@@H](O)[C@H](O)[C@H]1O. The molecule has 0 aromatic heterocycles. The van der Waals surface area contributed by atoms with E-state index in [4.69, 9.17) is 42.6 Å². The predicted molar refractivity (Wildman–Crippen MR) is 203 cm³/mol. The highest BCUT2D eigenvalue weighted by Gasteiger charge is 2.56. The van der Waals surface area contributed by atoms with Gasteiger partial charge in [-0.1, -0.05) is 6.08 Å². The average molecular weight is 970 g/mol. The molecule has 29 heteroatoms. The number of aliphatic hydroxyl groups is 19. The van der Waals surface area contributed by atoms with Crippen molar-refractivity contribution >= 4 is 0 Å². The highest BCUT2D eigenvalue weighted by Crippen LogP contribution is 2.36. The summed E-state index contributed by atoms with van der Waals surface area (Å²) in [6.07, 6.45) is -47.5. The lowest BCUT2D eigenvalue weighted by Gasteiger charge is -2.49. The summed E-state index contributed by atoms with van der Waals surface area (Å²) in [6, 6.07) is -2.31. The van der Waals surface area contributed by atoms with Crippen molar-refractivity contribution in [1.82, 2.24) is 5.32 Å². The zero-order valence-corrected chi connectivity index (χ0v) is 35.0. The zero-order chi connectivity index (χ0) is 48.6. The fraction of sp³-hybridized carbons (Fsp3) is 0.946. The molecule has 5 aliphatic heterocycles. The van der Waals surface area contributed by atoms with Gasteiger partial charge in [0, 0.05) is 0 Å². The van der Waals surface area contributed by atoms with E-state index in [2.05, 4.69) is 5.32 Å². The Hall–Kier alpha value is -1.42. The highest BCUT2D eigenvalue weighted by atomic mass is 16.8. The van der Waals surface area contributed by atoms with Crippen molar-refractivity contribution in [3.8, 4) is 0 Å². The third kappa shape index (κ3) is 10.7. The monoisotopic (exact) mass is 969 g/mol. The van der Waals surface area contributed by atoms with E-state index in [1.807, 2.05) is 0 Å². The van der Waals surface area contributed by atoms with Crippen molar-refractivity contribution in [1.29, 1.82) is 0 Å². The molecule has 6 aliphatic rings. The molecule has 29 atom stereocenters. The molecule has 0 aromatic rings. The number of ether oxygens (including phenoxy) is 9. The van der Waals surface area contributed by atoms with Crippen molar-refractivity contribution in [2.24, 2.45) is 0 Å². The first kappa shape index (κ1) is 53.9. The molecular formula is C37H63NO28. The van der Waals surface area contributed by atoms with Gasteiger partial charge in [-0.05, 0) is 12.5 Å². The Labute approximate surface area is 374 Å². The standard InChI is InChI=1S/C37H63NO28/c1-8-15(38-10-2-9(3-39)16(44)19(47)17(10)45)18(46)25(53)34(58-8)63-30-12(5-41)60-36(26(54)21(30)49)65-32-14(7-43)62-37(28(56)23(32)51)66-31-13(6-42)61-35(27(55)22(31)50)64-29-11(4-40)59-33(57)24(52)20(29)48/h2,8,10-57H,3-7H2,1H3/t8-,10+,11-,12-,13-,14-,15-,16-,17+,18+,19+,20-,21-,22-,23-,24-,25-,26-,27-,28-,29-,30-,31-,32-,33+,34-,35-,36-,37-/m1/s1. The summed E-state index contributed by atoms with van der Waals surface area (Å²) in [5, 5.41) is 202. The summed E-state index contributed by atoms with van der Waals surface area (Å²) in [4.78, 5) is 0. The molecule has 0 bridgehead atoms. The molecule has 29 nitrogen and oxygen atoms in total. The third-order valence-corrected chi connectivity index (χ3v) is 12.7. The molecule has 0 amide bonds. The number of rotatable bonds is 15. The molecule has 0 saturated carbocycles. The fourth-order valence-electron chi connectivity index (χ4n) is 8.79. The van der Waals surface area contributed by atoms with Crippen LogP contribution in [0.5, 0.6) is 0 Å². The van der Waals surface area contributed by atoms with E-state index < -0.39 is 211 Å². The Morgan fingerprint density at radius 3 is 1.15 bits per heavy atom. The van der Waals surface area contributed by atoms with Crippen LogP contribution in [-0.4, -0.2) is 308 Å². The lowest BCUT2D eigenvalue weighted by atomic mass is 9.86. The minimum Gasteiger partial charge on any atom is -0.394 e. The number of aliphatic hydroxyl groups excluding tert-OH is 19. The molecule has 20 N–H and O–H groups in total. The van der Waals surface area contributed by atoms with Gasteiger partial charge >= 0.3 is 0 Å². The first-order valence-corrected chi connectivity index (χ1v) is 21.2. The quantitative estimate of drug-likeness (QED) is 0.0678. The second-order valence-electron chi connectivity index (χ2n) is 17.0. The normalized spacial score (nSPS) is 52.8. The van der Waals surface area contributed by atoms with Crippen LogP contribution in [0, 0.1) is 0 Å². The van der Waals surface area contributed by atoms with E-state index >= 15 is 0 Å². The molecular weight excluding hydrogens is 906 g/mol. The van der Waals surface area contributed by atoms with Gasteiger partial charge in [0.25, 0.3) is 0 Å². The predicted octanol–water partition coefficient (Wildman–Crippen LogP) is -12.9. The lowest BCUT2D eigenvalue weighted by Crippen LogP contribution is -2.69. The molecule has 66 heavy (non-hydrogen) atoms. The Morgan fingerprint density at radius 1 is 0.424 bits per heavy atom. The van der Waals surface area contributed by atoms with E-state index in [1.165, 1.54) is 13.0 Å². The van der Waals surface area contributed by atoms with Crippen molar-refractivity contribution in [3.05, 3.63) is 11.6 Å². The van der Waals surface area contributed by atoms with Gasteiger partial charge in [-0.25, -0.2) is 0 Å². The second-order valence-corrected chi connectivity index (χ2v) is 17.0. The van der Waals surface area contributed by atoms with E-state index in [-0.39, 0.29) is 5.57 Å². The number of hydrogen-bond donors (Lipinski definition) is 20. The van der Waals surface area contributed by atoms with Crippen molar-refractivity contribution < 1.29 is 140 Å². The maximum atomic E-state index is 11.2. The largest absolute Gasteiger partial charge is 0.394 e. The van der Waals surface area contributed by atoms with Gasteiger partial charge < -0.3 is 145 Å².